The minimum atomic E-state index is -2.94. The van der Waals surface area contributed by atoms with Gasteiger partial charge in [0.2, 0.25) is 0 Å². The molecule has 0 saturated carbocycles. The van der Waals surface area contributed by atoms with Crippen molar-refractivity contribution in [2.45, 2.75) is 31.5 Å². The minimum absolute atomic E-state index is 0.0230. The second-order valence-electron chi connectivity index (χ2n) is 5.34. The van der Waals surface area contributed by atoms with Crippen molar-refractivity contribution < 1.29 is 13.2 Å². The Morgan fingerprint density at radius 1 is 1.35 bits per heavy atom. The van der Waals surface area contributed by atoms with Crippen molar-refractivity contribution in [3.63, 3.8) is 0 Å². The van der Waals surface area contributed by atoms with Gasteiger partial charge < -0.3 is 10.5 Å². The molecule has 100 valence electrons. The summed E-state index contributed by atoms with van der Waals surface area (Å²) in [5.74, 6) is 0.867. The molecule has 0 aliphatic carbocycles. The summed E-state index contributed by atoms with van der Waals surface area (Å²) in [6.45, 7) is 3.90. The number of hydrogen-bond donors (Lipinski definition) is 1. The lowest BCUT2D eigenvalue weighted by molar-refractivity contribution is -0.0175. The van der Waals surface area contributed by atoms with Crippen LogP contribution in [-0.2, 0) is 14.6 Å². The zero-order valence-corrected chi connectivity index (χ0v) is 11.3. The fourth-order valence-electron chi connectivity index (χ4n) is 2.90. The highest BCUT2D eigenvalue weighted by molar-refractivity contribution is 7.91. The quantitative estimate of drug-likeness (QED) is 0.724. The van der Waals surface area contributed by atoms with Crippen molar-refractivity contribution in [2.75, 3.05) is 31.7 Å². The van der Waals surface area contributed by atoms with Crippen LogP contribution in [0.3, 0.4) is 0 Å². The molecule has 0 aromatic carbocycles. The molecule has 17 heavy (non-hydrogen) atoms. The van der Waals surface area contributed by atoms with Crippen LogP contribution >= 0.6 is 0 Å². The van der Waals surface area contributed by atoms with Gasteiger partial charge in [-0.2, -0.15) is 0 Å². The number of rotatable bonds is 2. The number of nitrogens with two attached hydrogens (primary N) is 1. The van der Waals surface area contributed by atoms with Gasteiger partial charge in [-0.3, -0.25) is 4.90 Å². The molecule has 2 fully saturated rings. The number of sulfone groups is 1. The number of likely N-dealkylation sites (tertiary alicyclic amines) is 1. The normalized spacial score (nSPS) is 42.8. The standard InChI is InChI=1S/C11H22N2O3S/c1-8-3-4-13(5-11(8)16-2)10-7-17(14,15)6-9(10)12/h8-11H,3-7,12H2,1-2H3. The van der Waals surface area contributed by atoms with Crippen molar-refractivity contribution in [3.05, 3.63) is 0 Å². The topological polar surface area (TPSA) is 72.6 Å². The van der Waals surface area contributed by atoms with E-state index < -0.39 is 9.84 Å². The van der Waals surface area contributed by atoms with Gasteiger partial charge in [-0.05, 0) is 18.9 Å². The Balaban J connectivity index is 2.04. The van der Waals surface area contributed by atoms with E-state index in [-0.39, 0.29) is 29.7 Å². The van der Waals surface area contributed by atoms with Crippen molar-refractivity contribution in [3.8, 4) is 0 Å². The molecule has 2 rings (SSSR count). The van der Waals surface area contributed by atoms with Crippen LogP contribution in [0.5, 0.6) is 0 Å². The second-order valence-corrected chi connectivity index (χ2v) is 7.50. The van der Waals surface area contributed by atoms with Crippen molar-refractivity contribution in [2.24, 2.45) is 11.7 Å². The summed E-state index contributed by atoms with van der Waals surface area (Å²) in [5.41, 5.74) is 5.95. The summed E-state index contributed by atoms with van der Waals surface area (Å²) in [6.07, 6.45) is 1.24. The minimum Gasteiger partial charge on any atom is -0.380 e. The molecule has 0 amide bonds. The Hall–Kier alpha value is -0.170. The molecule has 0 aromatic heterocycles. The Morgan fingerprint density at radius 3 is 2.59 bits per heavy atom. The van der Waals surface area contributed by atoms with Gasteiger partial charge >= 0.3 is 0 Å². The lowest BCUT2D eigenvalue weighted by atomic mass is 9.94. The smallest absolute Gasteiger partial charge is 0.153 e. The Labute approximate surface area is 103 Å². The highest BCUT2D eigenvalue weighted by Gasteiger charge is 2.41. The Bertz CT molecular complexity index is 371. The first kappa shape index (κ1) is 13.3. The molecule has 0 spiro atoms. The first-order valence-electron chi connectivity index (χ1n) is 6.16. The molecule has 0 radical (unpaired) electrons. The Kier molecular flexibility index (Phi) is 3.77. The van der Waals surface area contributed by atoms with Gasteiger partial charge in [0.1, 0.15) is 0 Å². The summed E-state index contributed by atoms with van der Waals surface area (Å²) in [6, 6.07) is -0.268. The number of piperidine rings is 1. The predicted molar refractivity (Wildman–Crippen MR) is 66.6 cm³/mol. The number of ether oxygens (including phenoxy) is 1. The average Bonchev–Trinajstić information content (AvgIpc) is 2.53. The van der Waals surface area contributed by atoms with Gasteiger partial charge in [0.15, 0.2) is 9.84 Å². The molecule has 2 heterocycles. The maximum absolute atomic E-state index is 11.6. The van der Waals surface area contributed by atoms with Crippen molar-refractivity contribution in [1.82, 2.24) is 4.90 Å². The SMILES string of the molecule is COC1CN(C2CS(=O)(=O)CC2N)CCC1C. The maximum atomic E-state index is 11.6. The van der Waals surface area contributed by atoms with E-state index in [1.54, 1.807) is 7.11 Å². The molecular formula is C11H22N2O3S. The molecule has 6 heteroatoms. The van der Waals surface area contributed by atoms with Crippen LogP contribution in [0.2, 0.25) is 0 Å². The van der Waals surface area contributed by atoms with E-state index >= 15 is 0 Å². The van der Waals surface area contributed by atoms with Gasteiger partial charge in [0.25, 0.3) is 0 Å². The Morgan fingerprint density at radius 2 is 2.06 bits per heavy atom. The summed E-state index contributed by atoms with van der Waals surface area (Å²) < 4.78 is 28.6. The molecule has 0 aromatic rings. The third-order valence-corrected chi connectivity index (χ3v) is 5.80. The zero-order chi connectivity index (χ0) is 12.6. The molecule has 5 nitrogen and oxygen atoms in total. The number of hydrogen-bond acceptors (Lipinski definition) is 5. The lowest BCUT2D eigenvalue weighted by Crippen LogP contribution is -2.54. The van der Waals surface area contributed by atoms with Gasteiger partial charge in [0.05, 0.1) is 17.6 Å². The number of methoxy groups -OCH3 is 1. The highest BCUT2D eigenvalue weighted by Crippen LogP contribution is 2.25. The van der Waals surface area contributed by atoms with E-state index in [2.05, 4.69) is 11.8 Å². The van der Waals surface area contributed by atoms with Crippen molar-refractivity contribution >= 4 is 9.84 Å². The summed E-state index contributed by atoms with van der Waals surface area (Å²) >= 11 is 0. The third kappa shape index (κ3) is 2.81. The first-order chi connectivity index (χ1) is 7.93. The van der Waals surface area contributed by atoms with Gasteiger partial charge in [-0.15, -0.1) is 0 Å². The fraction of sp³-hybridized carbons (Fsp3) is 1.00. The highest BCUT2D eigenvalue weighted by atomic mass is 32.2. The molecule has 2 N–H and O–H groups in total. The van der Waals surface area contributed by atoms with Gasteiger partial charge in [-0.25, -0.2) is 8.42 Å². The van der Waals surface area contributed by atoms with Crippen molar-refractivity contribution in [1.29, 1.82) is 0 Å². The van der Waals surface area contributed by atoms with Crippen LogP contribution in [0.15, 0.2) is 0 Å². The molecule has 2 aliphatic rings. The molecule has 0 bridgehead atoms. The first-order valence-corrected chi connectivity index (χ1v) is 7.98. The van der Waals surface area contributed by atoms with Gasteiger partial charge in [-0.1, -0.05) is 6.92 Å². The summed E-state index contributed by atoms with van der Waals surface area (Å²) in [4.78, 5) is 2.20. The molecular weight excluding hydrogens is 240 g/mol. The van der Waals surface area contributed by atoms with E-state index in [1.807, 2.05) is 0 Å². The predicted octanol–water partition coefficient (Wildman–Crippen LogP) is -0.532. The van der Waals surface area contributed by atoms with E-state index in [0.717, 1.165) is 19.5 Å². The molecule has 4 atom stereocenters. The number of nitrogens with zero attached hydrogens (tertiary/aromatic N) is 1. The zero-order valence-electron chi connectivity index (χ0n) is 10.5. The van der Waals surface area contributed by atoms with E-state index in [9.17, 15) is 8.42 Å². The molecule has 2 saturated heterocycles. The van der Waals surface area contributed by atoms with E-state index in [4.69, 9.17) is 10.5 Å². The summed E-state index contributed by atoms with van der Waals surface area (Å²) in [7, 11) is -1.22. The average molecular weight is 262 g/mol. The van der Waals surface area contributed by atoms with Gasteiger partial charge in [0, 0.05) is 25.7 Å². The second kappa shape index (κ2) is 4.84. The van der Waals surface area contributed by atoms with Crippen LogP contribution in [-0.4, -0.2) is 63.2 Å². The van der Waals surface area contributed by atoms with Crippen LogP contribution in [0.25, 0.3) is 0 Å². The summed E-state index contributed by atoms with van der Waals surface area (Å²) in [5, 5.41) is 0. The third-order valence-electron chi connectivity index (χ3n) is 4.06. The molecule has 4 unspecified atom stereocenters. The van der Waals surface area contributed by atoms with E-state index in [0.29, 0.717) is 5.92 Å². The fourth-order valence-corrected chi connectivity index (χ4v) is 4.82. The monoisotopic (exact) mass is 262 g/mol. The lowest BCUT2D eigenvalue weighted by Gasteiger charge is -2.40. The van der Waals surface area contributed by atoms with Crippen LogP contribution in [0.1, 0.15) is 13.3 Å². The molecule has 2 aliphatic heterocycles. The van der Waals surface area contributed by atoms with E-state index in [1.165, 1.54) is 0 Å². The van der Waals surface area contributed by atoms with Crippen LogP contribution in [0.4, 0.5) is 0 Å². The largest absolute Gasteiger partial charge is 0.380 e. The van der Waals surface area contributed by atoms with Crippen LogP contribution in [0, 0.1) is 5.92 Å². The maximum Gasteiger partial charge on any atom is 0.153 e. The van der Waals surface area contributed by atoms with Crippen LogP contribution < -0.4 is 5.73 Å².